The van der Waals surface area contributed by atoms with Crippen molar-refractivity contribution in [2.45, 2.75) is 0 Å². The first-order valence-electron chi connectivity index (χ1n) is 22.2. The van der Waals surface area contributed by atoms with E-state index in [1.165, 1.54) is 109 Å². The number of aromatic nitrogens is 1. The van der Waals surface area contributed by atoms with Crippen molar-refractivity contribution in [3.8, 4) is 27.9 Å². The molecular formula is C62H38N2. The Labute approximate surface area is 369 Å². The standard InChI is InChI=1S/C62H38N2/c1-4-13-39(14-5-1)46-31-23-41-27-35-52-55(37-29-43-25-33-49(46)58(41)60(43)52)64(57-22-12-20-51-48-19-10-11-21-54(48)63(62(51)57)45-17-8-3-9-18-45)56-38-30-44-26-34-50-47(40-15-6-2-7-16-40)32-24-42-28-36-53(56)61(44)59(42)50/h1-38H. The first kappa shape index (κ1) is 35.2. The number of hydrogen-bond donors (Lipinski definition) is 0. The average Bonchev–Trinajstić information content (AvgIpc) is 3.71. The Morgan fingerprint density at radius 1 is 0.266 bits per heavy atom. The predicted octanol–water partition coefficient (Wildman–Crippen LogP) is 17.4. The van der Waals surface area contributed by atoms with E-state index in [0.717, 1.165) is 22.7 Å². The van der Waals surface area contributed by atoms with Crippen molar-refractivity contribution in [3.63, 3.8) is 0 Å². The Kier molecular flexibility index (Phi) is 7.43. The number of benzene rings is 13. The third kappa shape index (κ3) is 4.96. The van der Waals surface area contributed by atoms with Crippen molar-refractivity contribution in [1.29, 1.82) is 0 Å². The van der Waals surface area contributed by atoms with Gasteiger partial charge in [-0.05, 0) is 113 Å². The SMILES string of the molecule is c1ccc(-c2ccc3ccc4c(N(c5ccc6ccc7c(-c8ccccc8)ccc8ccc5c6c87)c5cccc6c7ccccc7n(-c7ccccc7)c56)ccc5ccc2c3c54)cc1. The molecule has 0 N–H and O–H groups in total. The molecule has 1 heterocycles. The highest BCUT2D eigenvalue weighted by Gasteiger charge is 2.26. The van der Waals surface area contributed by atoms with E-state index in [1.807, 2.05) is 0 Å². The van der Waals surface area contributed by atoms with Gasteiger partial charge in [-0.3, -0.25) is 0 Å². The highest BCUT2D eigenvalue weighted by Crippen LogP contribution is 2.51. The molecule has 296 valence electrons. The number of hydrogen-bond acceptors (Lipinski definition) is 1. The average molecular weight is 811 g/mol. The zero-order valence-electron chi connectivity index (χ0n) is 34.8. The molecule has 64 heavy (non-hydrogen) atoms. The van der Waals surface area contributed by atoms with Crippen LogP contribution < -0.4 is 4.90 Å². The summed E-state index contributed by atoms with van der Waals surface area (Å²) in [5.41, 5.74) is 11.9. The van der Waals surface area contributed by atoms with E-state index in [0.29, 0.717) is 0 Å². The Morgan fingerprint density at radius 2 is 0.688 bits per heavy atom. The van der Waals surface area contributed by atoms with Gasteiger partial charge in [-0.1, -0.05) is 194 Å². The summed E-state index contributed by atoms with van der Waals surface area (Å²) in [4.78, 5) is 2.58. The van der Waals surface area contributed by atoms with Gasteiger partial charge in [-0.25, -0.2) is 0 Å². The second kappa shape index (κ2) is 13.5. The molecule has 13 aromatic carbocycles. The van der Waals surface area contributed by atoms with Crippen LogP contribution >= 0.6 is 0 Å². The van der Waals surface area contributed by atoms with Gasteiger partial charge in [-0.15, -0.1) is 0 Å². The lowest BCUT2D eigenvalue weighted by molar-refractivity contribution is 1.17. The van der Waals surface area contributed by atoms with Gasteiger partial charge >= 0.3 is 0 Å². The van der Waals surface area contributed by atoms with Gasteiger partial charge < -0.3 is 9.47 Å². The maximum Gasteiger partial charge on any atom is 0.0782 e. The fraction of sp³-hybridized carbons (Fsp3) is 0. The minimum absolute atomic E-state index is 1.12. The lowest BCUT2D eigenvalue weighted by Gasteiger charge is -2.30. The summed E-state index contributed by atoms with van der Waals surface area (Å²) in [5, 5.41) is 17.6. The molecule has 14 rings (SSSR count). The molecule has 0 bridgehead atoms. The molecular weight excluding hydrogens is 773 g/mol. The van der Waals surface area contributed by atoms with Gasteiger partial charge in [0, 0.05) is 27.2 Å². The van der Waals surface area contributed by atoms with E-state index in [4.69, 9.17) is 0 Å². The van der Waals surface area contributed by atoms with Crippen LogP contribution in [0, 0.1) is 0 Å². The molecule has 0 aliphatic heterocycles. The predicted molar refractivity (Wildman–Crippen MR) is 274 cm³/mol. The summed E-state index contributed by atoms with van der Waals surface area (Å²) in [6.45, 7) is 0. The van der Waals surface area contributed by atoms with Crippen molar-refractivity contribution in [3.05, 3.63) is 231 Å². The molecule has 0 saturated heterocycles. The Balaban J connectivity index is 1.13. The lowest BCUT2D eigenvalue weighted by Crippen LogP contribution is -2.13. The van der Waals surface area contributed by atoms with E-state index in [-0.39, 0.29) is 0 Å². The summed E-state index contributed by atoms with van der Waals surface area (Å²) in [6.07, 6.45) is 0. The summed E-state index contributed by atoms with van der Waals surface area (Å²) < 4.78 is 2.47. The quantitative estimate of drug-likeness (QED) is 0.152. The van der Waals surface area contributed by atoms with E-state index < -0.39 is 0 Å². The highest BCUT2D eigenvalue weighted by molar-refractivity contribution is 6.31. The molecule has 0 atom stereocenters. The van der Waals surface area contributed by atoms with Gasteiger partial charge in [0.2, 0.25) is 0 Å². The molecule has 2 heteroatoms. The van der Waals surface area contributed by atoms with Crippen LogP contribution in [0.15, 0.2) is 231 Å². The zero-order chi connectivity index (χ0) is 41.9. The van der Waals surface area contributed by atoms with Crippen molar-refractivity contribution < 1.29 is 0 Å². The smallest absolute Gasteiger partial charge is 0.0782 e. The van der Waals surface area contributed by atoms with Crippen LogP contribution in [0.4, 0.5) is 17.1 Å². The minimum atomic E-state index is 1.12. The second-order valence-electron chi connectivity index (χ2n) is 17.2. The van der Waals surface area contributed by atoms with Crippen LogP contribution in [0.1, 0.15) is 0 Å². The van der Waals surface area contributed by atoms with E-state index in [2.05, 4.69) is 240 Å². The van der Waals surface area contributed by atoms with E-state index >= 15 is 0 Å². The van der Waals surface area contributed by atoms with E-state index in [1.54, 1.807) is 0 Å². The Bertz CT molecular complexity index is 3920. The summed E-state index contributed by atoms with van der Waals surface area (Å²) in [6, 6.07) is 85.5. The van der Waals surface area contributed by atoms with Crippen LogP contribution in [-0.2, 0) is 0 Å². The normalized spacial score (nSPS) is 12.1. The first-order chi connectivity index (χ1) is 31.8. The van der Waals surface area contributed by atoms with Crippen molar-refractivity contribution >= 4 is 104 Å². The van der Waals surface area contributed by atoms with Gasteiger partial charge in [0.05, 0.1) is 28.1 Å². The first-order valence-corrected chi connectivity index (χ1v) is 22.2. The molecule has 1 aromatic heterocycles. The van der Waals surface area contributed by atoms with Crippen LogP contribution in [0.3, 0.4) is 0 Å². The van der Waals surface area contributed by atoms with E-state index in [9.17, 15) is 0 Å². The molecule has 2 nitrogen and oxygen atoms in total. The number of para-hydroxylation sites is 3. The fourth-order valence-corrected chi connectivity index (χ4v) is 11.1. The topological polar surface area (TPSA) is 8.17 Å². The molecule has 0 aliphatic rings. The van der Waals surface area contributed by atoms with Crippen LogP contribution in [-0.4, -0.2) is 4.57 Å². The van der Waals surface area contributed by atoms with Gasteiger partial charge in [0.1, 0.15) is 0 Å². The van der Waals surface area contributed by atoms with Crippen LogP contribution in [0.5, 0.6) is 0 Å². The monoisotopic (exact) mass is 810 g/mol. The summed E-state index contributed by atoms with van der Waals surface area (Å²) in [5.74, 6) is 0. The third-order valence-corrected chi connectivity index (χ3v) is 13.9. The van der Waals surface area contributed by atoms with Gasteiger partial charge in [0.25, 0.3) is 0 Å². The number of nitrogens with zero attached hydrogens (tertiary/aromatic N) is 2. The van der Waals surface area contributed by atoms with Crippen LogP contribution in [0.25, 0.3) is 114 Å². The maximum atomic E-state index is 2.58. The molecule has 0 saturated carbocycles. The molecule has 0 radical (unpaired) electrons. The van der Waals surface area contributed by atoms with Crippen molar-refractivity contribution in [2.75, 3.05) is 4.90 Å². The second-order valence-corrected chi connectivity index (χ2v) is 17.2. The lowest BCUT2D eigenvalue weighted by atomic mass is 9.88. The van der Waals surface area contributed by atoms with Gasteiger partial charge in [0.15, 0.2) is 0 Å². The molecule has 0 unspecified atom stereocenters. The number of fused-ring (bicyclic) bond motifs is 3. The maximum absolute atomic E-state index is 2.58. The summed E-state index contributed by atoms with van der Waals surface area (Å²) in [7, 11) is 0. The molecule has 14 aromatic rings. The van der Waals surface area contributed by atoms with Gasteiger partial charge in [-0.2, -0.15) is 0 Å². The van der Waals surface area contributed by atoms with Crippen molar-refractivity contribution in [2.24, 2.45) is 0 Å². The van der Waals surface area contributed by atoms with Crippen molar-refractivity contribution in [1.82, 2.24) is 4.57 Å². The minimum Gasteiger partial charge on any atom is -0.307 e. The molecule has 0 aliphatic carbocycles. The summed E-state index contributed by atoms with van der Waals surface area (Å²) >= 11 is 0. The number of anilines is 3. The van der Waals surface area contributed by atoms with Crippen LogP contribution in [0.2, 0.25) is 0 Å². The molecule has 0 spiro atoms. The highest BCUT2D eigenvalue weighted by atomic mass is 15.2. The fourth-order valence-electron chi connectivity index (χ4n) is 11.1. The zero-order valence-corrected chi connectivity index (χ0v) is 34.8. The Hall–Kier alpha value is -8.46. The third-order valence-electron chi connectivity index (χ3n) is 13.9. The largest absolute Gasteiger partial charge is 0.307 e. The molecule has 0 fully saturated rings. The Morgan fingerprint density at radius 3 is 1.23 bits per heavy atom. The number of rotatable bonds is 6. The molecule has 0 amide bonds.